The van der Waals surface area contributed by atoms with E-state index in [-0.39, 0.29) is 12.5 Å². The van der Waals surface area contributed by atoms with Crippen LogP contribution in [0.1, 0.15) is 44.5 Å². The third-order valence-electron chi connectivity index (χ3n) is 7.18. The molecule has 2 aromatic heterocycles. The lowest BCUT2D eigenvalue weighted by molar-refractivity contribution is -0.202. The van der Waals surface area contributed by atoms with E-state index in [0.29, 0.717) is 45.2 Å². The van der Waals surface area contributed by atoms with Gasteiger partial charge in [0.25, 0.3) is 5.56 Å². The van der Waals surface area contributed by atoms with Crippen LogP contribution in [-0.2, 0) is 16.0 Å². The van der Waals surface area contributed by atoms with Gasteiger partial charge in [-0.05, 0) is 31.9 Å². The van der Waals surface area contributed by atoms with Crippen LogP contribution < -0.4 is 11.2 Å². The van der Waals surface area contributed by atoms with Gasteiger partial charge in [-0.3, -0.25) is 19.1 Å². The fourth-order valence-corrected chi connectivity index (χ4v) is 5.12. The molecule has 5 rings (SSSR count). The van der Waals surface area contributed by atoms with Crippen molar-refractivity contribution in [3.8, 4) is 0 Å². The van der Waals surface area contributed by atoms with Crippen molar-refractivity contribution in [2.45, 2.75) is 56.3 Å². The molecular weight excluding hydrogens is 438 g/mol. The van der Waals surface area contributed by atoms with Crippen LogP contribution in [-0.4, -0.2) is 66.3 Å². The number of ether oxygens (including phenoxy) is 1. The van der Waals surface area contributed by atoms with Crippen LogP contribution in [0.3, 0.4) is 0 Å². The number of carbonyl (C=O) groups excluding carboxylic acids is 1. The molecule has 2 fully saturated rings. The number of rotatable bonds is 4. The molecule has 0 bridgehead atoms. The highest BCUT2D eigenvalue weighted by molar-refractivity contribution is 5.77. The zero-order valence-corrected chi connectivity index (χ0v) is 19.1. The first-order chi connectivity index (χ1) is 16.2. The van der Waals surface area contributed by atoms with Crippen LogP contribution >= 0.6 is 0 Å². The molecule has 10 heteroatoms. The monoisotopic (exact) mass is 467 g/mol. The number of nitrogens with zero attached hydrogens (tertiary/aromatic N) is 3. The summed E-state index contributed by atoms with van der Waals surface area (Å²) in [6.07, 6.45) is 4.01. The van der Waals surface area contributed by atoms with Crippen molar-refractivity contribution in [3.63, 3.8) is 0 Å². The molecular formula is C24H29N5O5. The number of aryl methyl sites for hydroxylation is 1. The molecule has 1 amide bonds. The second kappa shape index (κ2) is 8.52. The van der Waals surface area contributed by atoms with E-state index in [0.717, 1.165) is 16.9 Å². The molecule has 10 nitrogen and oxygen atoms in total. The standard InChI is InChI=1S/C24H29N5O5/c1-23(33)15-34-24(14-18(23)29-11-8-20(30)27-22(29)32)9-12-28(13-10-24)21(31)7-6-19-25-16-4-2-3-5-17(16)26-19/h2-5,8,11,18,33H,6-7,9-10,12-15H2,1H3,(H,25,26)(H,27,30,32)/t18-,23-/m0/s1. The second-order valence-electron chi connectivity index (χ2n) is 9.65. The Morgan fingerprint density at radius 1 is 1.21 bits per heavy atom. The van der Waals surface area contributed by atoms with Crippen LogP contribution in [0, 0.1) is 0 Å². The van der Waals surface area contributed by atoms with Crippen molar-refractivity contribution >= 4 is 16.9 Å². The van der Waals surface area contributed by atoms with Gasteiger partial charge in [-0.1, -0.05) is 12.1 Å². The first kappa shape index (κ1) is 22.5. The molecule has 1 spiro atoms. The molecule has 34 heavy (non-hydrogen) atoms. The van der Waals surface area contributed by atoms with Gasteiger partial charge in [-0.2, -0.15) is 0 Å². The summed E-state index contributed by atoms with van der Waals surface area (Å²) in [4.78, 5) is 48.6. The van der Waals surface area contributed by atoms with Gasteiger partial charge in [0, 0.05) is 44.6 Å². The number of aromatic amines is 2. The number of benzene rings is 1. The van der Waals surface area contributed by atoms with Gasteiger partial charge >= 0.3 is 5.69 Å². The fraction of sp³-hybridized carbons (Fsp3) is 0.500. The van der Waals surface area contributed by atoms with Crippen molar-refractivity contribution in [1.29, 1.82) is 0 Å². The molecule has 2 saturated heterocycles. The Hall–Kier alpha value is -3.24. The highest BCUT2D eigenvalue weighted by Gasteiger charge is 2.49. The van der Waals surface area contributed by atoms with E-state index in [1.165, 1.54) is 16.8 Å². The Bertz CT molecular complexity index is 1280. The predicted octanol–water partition coefficient (Wildman–Crippen LogP) is 1.12. The average Bonchev–Trinajstić information content (AvgIpc) is 3.23. The van der Waals surface area contributed by atoms with E-state index in [2.05, 4.69) is 15.0 Å². The minimum absolute atomic E-state index is 0.0727. The van der Waals surface area contributed by atoms with E-state index in [9.17, 15) is 19.5 Å². The Labute approximate surface area is 195 Å². The number of H-pyrrole nitrogens is 2. The highest BCUT2D eigenvalue weighted by atomic mass is 16.5. The SMILES string of the molecule is C[C@]1(O)COC2(CCN(C(=O)CCc3nc4ccccc4[nH]3)CC2)C[C@@H]1n1ccc(=O)[nH]c1=O. The molecule has 3 aromatic rings. The summed E-state index contributed by atoms with van der Waals surface area (Å²) in [5.41, 5.74) is -0.951. The number of likely N-dealkylation sites (tertiary alicyclic amines) is 1. The zero-order valence-electron chi connectivity index (χ0n) is 19.1. The molecule has 0 radical (unpaired) electrons. The summed E-state index contributed by atoms with van der Waals surface area (Å²) in [7, 11) is 0. The normalized spacial score (nSPS) is 24.5. The number of fused-ring (bicyclic) bond motifs is 1. The number of hydrogen-bond acceptors (Lipinski definition) is 6. The number of para-hydroxylation sites is 2. The summed E-state index contributed by atoms with van der Waals surface area (Å²) in [6, 6.07) is 8.53. The van der Waals surface area contributed by atoms with Crippen molar-refractivity contribution in [3.05, 3.63) is 63.2 Å². The van der Waals surface area contributed by atoms with Crippen LogP contribution in [0.15, 0.2) is 46.1 Å². The predicted molar refractivity (Wildman–Crippen MR) is 125 cm³/mol. The summed E-state index contributed by atoms with van der Waals surface area (Å²) in [5, 5.41) is 10.9. The van der Waals surface area contributed by atoms with E-state index in [1.807, 2.05) is 29.2 Å². The molecule has 2 aliphatic rings. The van der Waals surface area contributed by atoms with Gasteiger partial charge in [0.1, 0.15) is 11.4 Å². The van der Waals surface area contributed by atoms with E-state index in [4.69, 9.17) is 4.74 Å². The highest BCUT2D eigenvalue weighted by Crippen LogP contribution is 2.43. The lowest BCUT2D eigenvalue weighted by atomic mass is 9.77. The van der Waals surface area contributed by atoms with Crippen molar-refractivity contribution in [2.75, 3.05) is 19.7 Å². The van der Waals surface area contributed by atoms with Crippen LogP contribution in [0.4, 0.5) is 0 Å². The number of nitrogens with one attached hydrogen (secondary N) is 2. The number of aromatic nitrogens is 4. The number of amides is 1. The molecule has 4 heterocycles. The summed E-state index contributed by atoms with van der Waals surface area (Å²) >= 11 is 0. The Balaban J connectivity index is 1.22. The fourth-order valence-electron chi connectivity index (χ4n) is 5.12. The minimum atomic E-state index is -1.26. The van der Waals surface area contributed by atoms with Gasteiger partial charge in [0.05, 0.1) is 29.3 Å². The van der Waals surface area contributed by atoms with Crippen molar-refractivity contribution in [1.82, 2.24) is 24.4 Å². The summed E-state index contributed by atoms with van der Waals surface area (Å²) < 4.78 is 7.52. The largest absolute Gasteiger partial charge is 0.386 e. The van der Waals surface area contributed by atoms with E-state index >= 15 is 0 Å². The van der Waals surface area contributed by atoms with Gasteiger partial charge in [0.2, 0.25) is 5.91 Å². The molecule has 1 aromatic carbocycles. The summed E-state index contributed by atoms with van der Waals surface area (Å²) in [6.45, 7) is 2.81. The topological polar surface area (TPSA) is 133 Å². The Morgan fingerprint density at radius 3 is 2.71 bits per heavy atom. The molecule has 3 N–H and O–H groups in total. The van der Waals surface area contributed by atoms with Gasteiger partial charge in [-0.25, -0.2) is 9.78 Å². The quantitative estimate of drug-likeness (QED) is 0.527. The second-order valence-corrected chi connectivity index (χ2v) is 9.65. The number of aliphatic hydroxyl groups is 1. The maximum atomic E-state index is 12.8. The first-order valence-electron chi connectivity index (χ1n) is 11.6. The van der Waals surface area contributed by atoms with Crippen molar-refractivity contribution < 1.29 is 14.6 Å². The Kier molecular flexibility index (Phi) is 5.65. The molecule has 0 aliphatic carbocycles. The van der Waals surface area contributed by atoms with Crippen LogP contribution in [0.5, 0.6) is 0 Å². The third-order valence-corrected chi connectivity index (χ3v) is 7.18. The third kappa shape index (κ3) is 4.30. The number of carbonyl (C=O) groups is 1. The van der Waals surface area contributed by atoms with Gasteiger partial charge < -0.3 is 19.7 Å². The minimum Gasteiger partial charge on any atom is -0.386 e. The van der Waals surface area contributed by atoms with Gasteiger partial charge in [-0.15, -0.1) is 0 Å². The van der Waals surface area contributed by atoms with Gasteiger partial charge in [0.15, 0.2) is 0 Å². The smallest absolute Gasteiger partial charge is 0.328 e. The first-order valence-corrected chi connectivity index (χ1v) is 11.6. The molecule has 0 unspecified atom stereocenters. The molecule has 0 saturated carbocycles. The van der Waals surface area contributed by atoms with E-state index in [1.54, 1.807) is 6.92 Å². The lowest BCUT2D eigenvalue weighted by Crippen LogP contribution is -2.58. The molecule has 180 valence electrons. The van der Waals surface area contributed by atoms with Crippen LogP contribution in [0.25, 0.3) is 11.0 Å². The zero-order chi connectivity index (χ0) is 23.9. The maximum absolute atomic E-state index is 12.8. The summed E-state index contributed by atoms with van der Waals surface area (Å²) in [5.74, 6) is 0.876. The average molecular weight is 468 g/mol. The van der Waals surface area contributed by atoms with E-state index < -0.39 is 28.5 Å². The number of piperidine rings is 1. The number of imidazole rings is 1. The molecule has 2 atom stereocenters. The lowest BCUT2D eigenvalue weighted by Gasteiger charge is -2.51. The van der Waals surface area contributed by atoms with Crippen LogP contribution in [0.2, 0.25) is 0 Å². The Morgan fingerprint density at radius 2 is 1.97 bits per heavy atom. The maximum Gasteiger partial charge on any atom is 0.328 e. The van der Waals surface area contributed by atoms with Crippen molar-refractivity contribution in [2.24, 2.45) is 0 Å². The number of hydrogen-bond donors (Lipinski definition) is 3. The molecule has 2 aliphatic heterocycles.